The maximum absolute atomic E-state index is 12.0. The predicted molar refractivity (Wildman–Crippen MR) is 102 cm³/mol. The largest absolute Gasteiger partial charge is 0.482 e. The van der Waals surface area contributed by atoms with E-state index in [4.69, 9.17) is 21.1 Å². The molecule has 1 atom stereocenters. The van der Waals surface area contributed by atoms with Crippen molar-refractivity contribution in [3.05, 3.63) is 59.1 Å². The molecule has 2 rings (SSSR count). The van der Waals surface area contributed by atoms with Gasteiger partial charge in [-0.1, -0.05) is 43.6 Å². The number of para-hydroxylation sites is 1. The molecular weight excluding hydrogens is 354 g/mol. The first-order valence-electron chi connectivity index (χ1n) is 8.42. The molecule has 0 heterocycles. The minimum Gasteiger partial charge on any atom is -0.482 e. The first-order valence-corrected chi connectivity index (χ1v) is 8.80. The average Bonchev–Trinajstić information content (AvgIpc) is 2.65. The van der Waals surface area contributed by atoms with Crippen LogP contribution in [-0.4, -0.2) is 25.1 Å². The highest BCUT2D eigenvalue weighted by molar-refractivity contribution is 6.30. The van der Waals surface area contributed by atoms with Gasteiger partial charge in [0.1, 0.15) is 5.75 Å². The van der Waals surface area contributed by atoms with Crippen LogP contribution in [0.2, 0.25) is 5.02 Å². The van der Waals surface area contributed by atoms with Gasteiger partial charge in [-0.15, -0.1) is 0 Å². The summed E-state index contributed by atoms with van der Waals surface area (Å²) in [6, 6.07) is 14.2. The van der Waals surface area contributed by atoms with E-state index in [1.165, 1.54) is 0 Å². The third kappa shape index (κ3) is 6.08. The summed E-state index contributed by atoms with van der Waals surface area (Å²) in [7, 11) is 0. The summed E-state index contributed by atoms with van der Waals surface area (Å²) >= 11 is 5.77. The average molecular weight is 376 g/mol. The molecule has 138 valence electrons. The number of hydrogen-bond acceptors (Lipinski definition) is 4. The topological polar surface area (TPSA) is 64.6 Å². The Balaban J connectivity index is 1.79. The summed E-state index contributed by atoms with van der Waals surface area (Å²) < 4.78 is 10.2. The maximum atomic E-state index is 12.0. The van der Waals surface area contributed by atoms with Crippen molar-refractivity contribution < 1.29 is 19.1 Å². The van der Waals surface area contributed by atoms with Crippen molar-refractivity contribution in [1.82, 2.24) is 0 Å². The number of carbonyl (C=O) groups excluding carboxylic acids is 2. The lowest BCUT2D eigenvalue weighted by atomic mass is 9.97. The van der Waals surface area contributed by atoms with E-state index in [2.05, 4.69) is 19.2 Å². The molecule has 0 spiro atoms. The van der Waals surface area contributed by atoms with Gasteiger partial charge in [0.25, 0.3) is 5.91 Å². The van der Waals surface area contributed by atoms with Crippen LogP contribution in [0.25, 0.3) is 0 Å². The normalized spacial score (nSPS) is 11.5. The molecule has 1 N–H and O–H groups in total. The molecule has 0 aliphatic carbocycles. The Hall–Kier alpha value is -2.53. The summed E-state index contributed by atoms with van der Waals surface area (Å²) in [5.74, 6) is -0.189. The molecule has 0 radical (unpaired) electrons. The van der Waals surface area contributed by atoms with Crippen LogP contribution >= 0.6 is 11.6 Å². The van der Waals surface area contributed by atoms with Crippen molar-refractivity contribution >= 4 is 29.2 Å². The van der Waals surface area contributed by atoms with Crippen molar-refractivity contribution in [2.75, 3.05) is 18.5 Å². The molecule has 2 aromatic carbocycles. The van der Waals surface area contributed by atoms with E-state index in [1.807, 2.05) is 24.3 Å². The Morgan fingerprint density at radius 2 is 1.77 bits per heavy atom. The Morgan fingerprint density at radius 3 is 2.46 bits per heavy atom. The van der Waals surface area contributed by atoms with Gasteiger partial charge < -0.3 is 14.8 Å². The fourth-order valence-electron chi connectivity index (χ4n) is 2.31. The van der Waals surface area contributed by atoms with Gasteiger partial charge in [0.05, 0.1) is 0 Å². The quantitative estimate of drug-likeness (QED) is 0.694. The third-order valence-electron chi connectivity index (χ3n) is 3.91. The number of amides is 1. The van der Waals surface area contributed by atoms with Gasteiger partial charge >= 0.3 is 5.97 Å². The maximum Gasteiger partial charge on any atom is 0.344 e. The molecule has 0 saturated heterocycles. The van der Waals surface area contributed by atoms with E-state index in [-0.39, 0.29) is 19.1 Å². The minimum atomic E-state index is -0.620. The number of halogens is 1. The second-order valence-corrected chi connectivity index (χ2v) is 6.28. The van der Waals surface area contributed by atoms with E-state index < -0.39 is 5.97 Å². The third-order valence-corrected chi connectivity index (χ3v) is 4.16. The van der Waals surface area contributed by atoms with Crippen molar-refractivity contribution in [2.45, 2.75) is 26.2 Å². The second kappa shape index (κ2) is 9.82. The predicted octanol–water partition coefficient (Wildman–Crippen LogP) is 4.41. The van der Waals surface area contributed by atoms with Gasteiger partial charge in [-0.25, -0.2) is 4.79 Å². The summed E-state index contributed by atoms with van der Waals surface area (Å²) in [5, 5.41) is 3.37. The number of rotatable bonds is 8. The van der Waals surface area contributed by atoms with E-state index >= 15 is 0 Å². The molecule has 2 aromatic rings. The van der Waals surface area contributed by atoms with Crippen LogP contribution in [0.1, 0.15) is 31.7 Å². The van der Waals surface area contributed by atoms with Crippen LogP contribution in [0.15, 0.2) is 48.5 Å². The molecule has 6 heteroatoms. The zero-order valence-corrected chi connectivity index (χ0v) is 15.6. The number of ether oxygens (including phenoxy) is 2. The van der Waals surface area contributed by atoms with E-state index in [0.29, 0.717) is 16.7 Å². The van der Waals surface area contributed by atoms with Crippen molar-refractivity contribution in [3.63, 3.8) is 0 Å². The SMILES string of the molecule is CC[C@@H](C)c1ccccc1NC(=O)COC(=O)COc1ccc(Cl)cc1. The van der Waals surface area contributed by atoms with Crippen LogP contribution in [0.5, 0.6) is 5.75 Å². The summed E-state index contributed by atoms with van der Waals surface area (Å²) in [6.45, 7) is 3.54. The number of nitrogens with one attached hydrogen (secondary N) is 1. The van der Waals surface area contributed by atoms with Crippen molar-refractivity contribution in [3.8, 4) is 5.75 Å². The Kier molecular flexibility index (Phi) is 7.48. The zero-order chi connectivity index (χ0) is 18.9. The van der Waals surface area contributed by atoms with Crippen LogP contribution in [0.3, 0.4) is 0 Å². The number of benzene rings is 2. The molecule has 0 aliphatic rings. The molecular formula is C20H22ClNO4. The van der Waals surface area contributed by atoms with Crippen molar-refractivity contribution in [2.24, 2.45) is 0 Å². The molecule has 0 fully saturated rings. The lowest BCUT2D eigenvalue weighted by Gasteiger charge is -2.15. The van der Waals surface area contributed by atoms with E-state index in [0.717, 1.165) is 17.7 Å². The highest BCUT2D eigenvalue weighted by atomic mass is 35.5. The fraction of sp³-hybridized carbons (Fsp3) is 0.300. The Bertz CT molecular complexity index is 746. The fourth-order valence-corrected chi connectivity index (χ4v) is 2.43. The Labute approximate surface area is 158 Å². The zero-order valence-electron chi connectivity index (χ0n) is 14.8. The summed E-state index contributed by atoms with van der Waals surface area (Å²) in [5.41, 5.74) is 1.79. The van der Waals surface area contributed by atoms with Crippen LogP contribution in [0, 0.1) is 0 Å². The van der Waals surface area contributed by atoms with Gasteiger partial charge in [-0.05, 0) is 48.2 Å². The molecule has 0 bridgehead atoms. The first kappa shape index (κ1) is 19.8. The van der Waals surface area contributed by atoms with E-state index in [9.17, 15) is 9.59 Å². The molecule has 5 nitrogen and oxygen atoms in total. The highest BCUT2D eigenvalue weighted by Gasteiger charge is 2.13. The second-order valence-electron chi connectivity index (χ2n) is 5.85. The number of carbonyl (C=O) groups is 2. The molecule has 0 saturated carbocycles. The molecule has 0 unspecified atom stereocenters. The van der Waals surface area contributed by atoms with Gasteiger partial charge in [0.15, 0.2) is 13.2 Å². The number of esters is 1. The molecule has 0 aliphatic heterocycles. The lowest BCUT2D eigenvalue weighted by molar-refractivity contribution is -0.149. The Morgan fingerprint density at radius 1 is 1.08 bits per heavy atom. The first-order chi connectivity index (χ1) is 12.5. The van der Waals surface area contributed by atoms with Crippen molar-refractivity contribution in [1.29, 1.82) is 0 Å². The van der Waals surface area contributed by atoms with Gasteiger partial charge in [-0.3, -0.25) is 4.79 Å². The summed E-state index contributed by atoms with van der Waals surface area (Å²) in [4.78, 5) is 23.8. The standard InChI is InChI=1S/C20H22ClNO4/c1-3-14(2)17-6-4-5-7-18(17)22-19(23)12-26-20(24)13-25-16-10-8-15(21)9-11-16/h4-11,14H,3,12-13H2,1-2H3,(H,22,23)/t14-/m1/s1. The molecule has 0 aromatic heterocycles. The smallest absolute Gasteiger partial charge is 0.344 e. The number of hydrogen-bond donors (Lipinski definition) is 1. The summed E-state index contributed by atoms with van der Waals surface area (Å²) in [6.07, 6.45) is 0.962. The number of anilines is 1. The molecule has 1 amide bonds. The van der Waals surface area contributed by atoms with Gasteiger partial charge in [0.2, 0.25) is 0 Å². The van der Waals surface area contributed by atoms with Gasteiger partial charge in [0, 0.05) is 10.7 Å². The van der Waals surface area contributed by atoms with E-state index in [1.54, 1.807) is 24.3 Å². The molecule has 26 heavy (non-hydrogen) atoms. The minimum absolute atomic E-state index is 0.279. The van der Waals surface area contributed by atoms with Crippen LogP contribution < -0.4 is 10.1 Å². The van der Waals surface area contributed by atoms with Crippen LogP contribution in [0.4, 0.5) is 5.69 Å². The lowest BCUT2D eigenvalue weighted by Crippen LogP contribution is -2.24. The van der Waals surface area contributed by atoms with Gasteiger partial charge in [-0.2, -0.15) is 0 Å². The monoisotopic (exact) mass is 375 g/mol. The van der Waals surface area contributed by atoms with Crippen LogP contribution in [-0.2, 0) is 14.3 Å². The highest BCUT2D eigenvalue weighted by Crippen LogP contribution is 2.26.